The number of carbonyl (C=O) groups is 1. The largest absolute Gasteiger partial charge is 0.340 e. The first-order valence-electron chi connectivity index (χ1n) is 8.19. The van der Waals surface area contributed by atoms with Gasteiger partial charge in [-0.1, -0.05) is 29.8 Å². The van der Waals surface area contributed by atoms with E-state index in [-0.39, 0.29) is 5.91 Å². The van der Waals surface area contributed by atoms with E-state index in [4.69, 9.17) is 0 Å². The number of aryl methyl sites for hydroxylation is 3. The van der Waals surface area contributed by atoms with E-state index in [0.717, 1.165) is 22.6 Å². The summed E-state index contributed by atoms with van der Waals surface area (Å²) < 4.78 is 0. The summed E-state index contributed by atoms with van der Waals surface area (Å²) in [6.07, 6.45) is 1.65. The quantitative estimate of drug-likeness (QED) is 0.707. The monoisotopic (exact) mass is 331 g/mol. The lowest BCUT2D eigenvalue weighted by atomic mass is 10.1. The van der Waals surface area contributed by atoms with Gasteiger partial charge in [0.05, 0.1) is 11.9 Å². The molecule has 0 fully saturated rings. The third kappa shape index (κ3) is 4.23. The Labute approximate surface area is 147 Å². The minimum Gasteiger partial charge on any atom is -0.340 e. The van der Waals surface area contributed by atoms with E-state index in [0.29, 0.717) is 11.3 Å². The normalized spacial score (nSPS) is 10.4. The van der Waals surface area contributed by atoms with Gasteiger partial charge in [-0.15, -0.1) is 0 Å². The molecule has 0 saturated carbocycles. The van der Waals surface area contributed by atoms with Crippen molar-refractivity contribution in [3.8, 4) is 0 Å². The number of carbonyl (C=O) groups excluding carboxylic acids is 1. The number of nitrogens with one attached hydrogen (secondary N) is 2. The van der Waals surface area contributed by atoms with E-state index in [1.54, 1.807) is 6.20 Å². The lowest BCUT2D eigenvalue weighted by Gasteiger charge is -2.11. The van der Waals surface area contributed by atoms with Crippen molar-refractivity contribution in [3.05, 3.63) is 83.0 Å². The van der Waals surface area contributed by atoms with Gasteiger partial charge in [0.15, 0.2) is 0 Å². The van der Waals surface area contributed by atoms with Gasteiger partial charge >= 0.3 is 0 Å². The van der Waals surface area contributed by atoms with Crippen LogP contribution in [0.1, 0.15) is 27.0 Å². The van der Waals surface area contributed by atoms with Crippen LogP contribution in [0, 0.1) is 20.8 Å². The molecule has 0 bridgehead atoms. The first-order valence-corrected chi connectivity index (χ1v) is 8.19. The molecule has 2 aromatic carbocycles. The highest BCUT2D eigenvalue weighted by molar-refractivity contribution is 6.04. The fourth-order valence-electron chi connectivity index (χ4n) is 2.46. The van der Waals surface area contributed by atoms with Crippen molar-refractivity contribution >= 4 is 23.1 Å². The van der Waals surface area contributed by atoms with Gasteiger partial charge in [-0.25, -0.2) is 4.98 Å². The van der Waals surface area contributed by atoms with Crippen molar-refractivity contribution in [1.29, 1.82) is 0 Å². The van der Waals surface area contributed by atoms with E-state index >= 15 is 0 Å². The lowest BCUT2D eigenvalue weighted by Crippen LogP contribution is -2.12. The van der Waals surface area contributed by atoms with Gasteiger partial charge in [-0.2, -0.15) is 0 Å². The highest BCUT2D eigenvalue weighted by Gasteiger charge is 2.06. The van der Waals surface area contributed by atoms with E-state index < -0.39 is 0 Å². The fraction of sp³-hybridized carbons (Fsp3) is 0.143. The third-order valence-corrected chi connectivity index (χ3v) is 3.99. The van der Waals surface area contributed by atoms with E-state index in [2.05, 4.69) is 47.7 Å². The Balaban J connectivity index is 1.68. The molecule has 0 radical (unpaired) electrons. The average Bonchev–Trinajstić information content (AvgIpc) is 2.60. The molecule has 1 amide bonds. The molecule has 1 aromatic heterocycles. The SMILES string of the molecule is Cc1ccc(C(=O)Nc2ccc(Nc3cc(C)ccc3C)nc2)cc1. The number of amides is 1. The van der Waals surface area contributed by atoms with Crippen LogP contribution in [-0.4, -0.2) is 10.9 Å². The van der Waals surface area contributed by atoms with Crippen LogP contribution in [0.5, 0.6) is 0 Å². The molecule has 0 saturated heterocycles. The second kappa shape index (κ2) is 7.18. The zero-order valence-electron chi connectivity index (χ0n) is 14.6. The molecule has 0 aliphatic rings. The number of hydrogen-bond donors (Lipinski definition) is 2. The smallest absolute Gasteiger partial charge is 0.255 e. The summed E-state index contributed by atoms with van der Waals surface area (Å²) in [5.41, 5.74) is 5.79. The molecule has 0 aliphatic carbocycles. The second-order valence-electron chi connectivity index (χ2n) is 6.20. The Hall–Kier alpha value is -3.14. The highest BCUT2D eigenvalue weighted by Crippen LogP contribution is 2.21. The molecule has 0 aliphatic heterocycles. The van der Waals surface area contributed by atoms with Crippen LogP contribution in [0.4, 0.5) is 17.2 Å². The minimum atomic E-state index is -0.142. The zero-order valence-corrected chi connectivity index (χ0v) is 14.6. The Morgan fingerprint density at radius 3 is 2.28 bits per heavy atom. The molecule has 0 atom stereocenters. The average molecular weight is 331 g/mol. The van der Waals surface area contributed by atoms with Crippen LogP contribution in [-0.2, 0) is 0 Å². The van der Waals surface area contributed by atoms with Crippen LogP contribution in [0.2, 0.25) is 0 Å². The van der Waals surface area contributed by atoms with Crippen LogP contribution >= 0.6 is 0 Å². The molecule has 2 N–H and O–H groups in total. The Kier molecular flexibility index (Phi) is 4.80. The van der Waals surface area contributed by atoms with Gasteiger partial charge in [-0.3, -0.25) is 4.79 Å². The number of benzene rings is 2. The van der Waals surface area contributed by atoms with Gasteiger partial charge in [0.1, 0.15) is 5.82 Å². The van der Waals surface area contributed by atoms with Crippen molar-refractivity contribution in [2.75, 3.05) is 10.6 Å². The lowest BCUT2D eigenvalue weighted by molar-refractivity contribution is 0.102. The fourth-order valence-corrected chi connectivity index (χ4v) is 2.46. The minimum absolute atomic E-state index is 0.142. The molecule has 25 heavy (non-hydrogen) atoms. The molecular weight excluding hydrogens is 310 g/mol. The summed E-state index contributed by atoms with van der Waals surface area (Å²) in [6.45, 7) is 6.10. The molecule has 4 heteroatoms. The molecule has 4 nitrogen and oxygen atoms in total. The topological polar surface area (TPSA) is 54.0 Å². The molecule has 0 spiro atoms. The van der Waals surface area contributed by atoms with E-state index in [1.807, 2.05) is 43.3 Å². The first-order chi connectivity index (χ1) is 12.0. The maximum Gasteiger partial charge on any atom is 0.255 e. The summed E-state index contributed by atoms with van der Waals surface area (Å²) in [7, 11) is 0. The summed E-state index contributed by atoms with van der Waals surface area (Å²) in [5, 5.41) is 6.17. The number of anilines is 3. The van der Waals surface area contributed by atoms with E-state index in [1.165, 1.54) is 5.56 Å². The maximum absolute atomic E-state index is 12.2. The molecule has 3 aromatic rings. The predicted molar refractivity (Wildman–Crippen MR) is 103 cm³/mol. The third-order valence-electron chi connectivity index (χ3n) is 3.99. The number of pyridine rings is 1. The Bertz CT molecular complexity index is 884. The van der Waals surface area contributed by atoms with Crippen molar-refractivity contribution in [2.24, 2.45) is 0 Å². The van der Waals surface area contributed by atoms with Gasteiger partial charge in [0, 0.05) is 11.3 Å². The van der Waals surface area contributed by atoms with Crippen LogP contribution < -0.4 is 10.6 Å². The number of rotatable bonds is 4. The number of nitrogens with zero attached hydrogens (tertiary/aromatic N) is 1. The number of hydrogen-bond acceptors (Lipinski definition) is 3. The molecule has 1 heterocycles. The van der Waals surface area contributed by atoms with Gasteiger partial charge in [-0.05, 0) is 62.2 Å². The van der Waals surface area contributed by atoms with Crippen molar-refractivity contribution in [3.63, 3.8) is 0 Å². The first kappa shape index (κ1) is 16.7. The molecule has 126 valence electrons. The summed E-state index contributed by atoms with van der Waals surface area (Å²) in [4.78, 5) is 16.6. The van der Waals surface area contributed by atoms with Gasteiger partial charge < -0.3 is 10.6 Å². The van der Waals surface area contributed by atoms with Crippen LogP contribution in [0.15, 0.2) is 60.8 Å². The van der Waals surface area contributed by atoms with E-state index in [9.17, 15) is 4.79 Å². The standard InChI is InChI=1S/C21H21N3O/c1-14-5-8-17(9-6-14)21(25)23-18-10-11-20(22-13-18)24-19-12-15(2)4-7-16(19)3/h4-13H,1-3H3,(H,22,24)(H,23,25). The summed E-state index contributed by atoms with van der Waals surface area (Å²) >= 11 is 0. The van der Waals surface area contributed by atoms with Gasteiger partial charge in [0.2, 0.25) is 0 Å². The van der Waals surface area contributed by atoms with Crippen molar-refractivity contribution in [1.82, 2.24) is 4.98 Å². The predicted octanol–water partition coefficient (Wildman–Crippen LogP) is 5.00. The summed E-state index contributed by atoms with van der Waals surface area (Å²) in [5.74, 6) is 0.596. The maximum atomic E-state index is 12.2. The highest BCUT2D eigenvalue weighted by atomic mass is 16.1. The molecule has 0 unspecified atom stereocenters. The second-order valence-corrected chi connectivity index (χ2v) is 6.20. The Morgan fingerprint density at radius 2 is 1.60 bits per heavy atom. The zero-order chi connectivity index (χ0) is 17.8. The molecular formula is C21H21N3O. The Morgan fingerprint density at radius 1 is 0.880 bits per heavy atom. The van der Waals surface area contributed by atoms with Crippen LogP contribution in [0.25, 0.3) is 0 Å². The van der Waals surface area contributed by atoms with Gasteiger partial charge in [0.25, 0.3) is 5.91 Å². The van der Waals surface area contributed by atoms with Crippen LogP contribution in [0.3, 0.4) is 0 Å². The van der Waals surface area contributed by atoms with Crippen molar-refractivity contribution in [2.45, 2.75) is 20.8 Å². The van der Waals surface area contributed by atoms with Crippen molar-refractivity contribution < 1.29 is 4.79 Å². The summed E-state index contributed by atoms with van der Waals surface area (Å²) in [6, 6.07) is 17.4. The number of aromatic nitrogens is 1. The molecule has 3 rings (SSSR count).